The minimum Gasteiger partial charge on any atom is -0.383 e. The van der Waals surface area contributed by atoms with Gasteiger partial charge in [-0.05, 0) is 12.0 Å². The first-order valence-electron chi connectivity index (χ1n) is 6.75. The summed E-state index contributed by atoms with van der Waals surface area (Å²) in [6.45, 7) is 1.90. The van der Waals surface area contributed by atoms with Crippen LogP contribution in [0.2, 0.25) is 0 Å². The van der Waals surface area contributed by atoms with Gasteiger partial charge in [0.1, 0.15) is 6.04 Å². The Hall–Kier alpha value is -1.14. The third-order valence-electron chi connectivity index (χ3n) is 3.05. The molecule has 1 amide bonds. The molecule has 0 fully saturated rings. The number of hydrogen-bond acceptors (Lipinski definition) is 4. The predicted molar refractivity (Wildman–Crippen MR) is 85.7 cm³/mol. The quantitative estimate of drug-likeness (QED) is 0.741. The number of methoxy groups -OCH3 is 2. The van der Waals surface area contributed by atoms with E-state index in [0.717, 1.165) is 6.42 Å². The van der Waals surface area contributed by atoms with Crippen LogP contribution < -0.4 is 5.73 Å². The SMILES string of the molecule is COCCN(CCc1ccccc1)C(=O)C(N)COC.Cl. The lowest BCUT2D eigenvalue weighted by molar-refractivity contribution is -0.134. The van der Waals surface area contributed by atoms with Gasteiger partial charge in [0, 0.05) is 27.3 Å². The van der Waals surface area contributed by atoms with E-state index in [9.17, 15) is 4.79 Å². The molecule has 0 aromatic heterocycles. The minimum absolute atomic E-state index is 0. The zero-order valence-corrected chi connectivity index (χ0v) is 13.5. The van der Waals surface area contributed by atoms with Gasteiger partial charge in [-0.2, -0.15) is 0 Å². The van der Waals surface area contributed by atoms with Gasteiger partial charge in [0.2, 0.25) is 5.91 Å². The Bertz CT molecular complexity index is 390. The molecular weight excluding hydrogens is 292 g/mol. The maximum Gasteiger partial charge on any atom is 0.241 e. The molecule has 2 N–H and O–H groups in total. The van der Waals surface area contributed by atoms with Gasteiger partial charge in [0.05, 0.1) is 13.2 Å². The molecule has 0 heterocycles. The summed E-state index contributed by atoms with van der Waals surface area (Å²) >= 11 is 0. The molecule has 0 aliphatic heterocycles. The lowest BCUT2D eigenvalue weighted by Gasteiger charge is -2.25. The van der Waals surface area contributed by atoms with Crippen molar-refractivity contribution in [3.05, 3.63) is 35.9 Å². The second-order valence-electron chi connectivity index (χ2n) is 4.62. The van der Waals surface area contributed by atoms with Crippen LogP contribution in [-0.2, 0) is 20.7 Å². The Kier molecular flexibility index (Phi) is 10.9. The van der Waals surface area contributed by atoms with Crippen molar-refractivity contribution in [1.29, 1.82) is 0 Å². The molecule has 0 aliphatic rings. The second kappa shape index (κ2) is 11.5. The molecule has 1 rings (SSSR count). The van der Waals surface area contributed by atoms with E-state index in [-0.39, 0.29) is 24.9 Å². The lowest BCUT2D eigenvalue weighted by atomic mass is 10.1. The van der Waals surface area contributed by atoms with Crippen molar-refractivity contribution in [3.8, 4) is 0 Å². The molecule has 21 heavy (non-hydrogen) atoms. The highest BCUT2D eigenvalue weighted by Crippen LogP contribution is 2.03. The van der Waals surface area contributed by atoms with Crippen molar-refractivity contribution in [2.24, 2.45) is 5.73 Å². The Morgan fingerprint density at radius 2 is 1.86 bits per heavy atom. The number of halogens is 1. The van der Waals surface area contributed by atoms with Crippen molar-refractivity contribution in [1.82, 2.24) is 4.90 Å². The van der Waals surface area contributed by atoms with Gasteiger partial charge < -0.3 is 20.1 Å². The standard InChI is InChI=1S/C15H24N2O3.ClH/c1-19-11-10-17(15(18)14(16)12-20-2)9-8-13-6-4-3-5-7-13;/h3-7,14H,8-12,16H2,1-2H3;1H. The zero-order valence-electron chi connectivity index (χ0n) is 12.7. The predicted octanol–water partition coefficient (Wildman–Crippen LogP) is 1.10. The molecule has 6 heteroatoms. The van der Waals surface area contributed by atoms with Crippen molar-refractivity contribution < 1.29 is 14.3 Å². The molecule has 0 spiro atoms. The van der Waals surface area contributed by atoms with Crippen LogP contribution in [0.1, 0.15) is 5.56 Å². The number of carbonyl (C=O) groups excluding carboxylic acids is 1. The number of amides is 1. The number of hydrogen-bond donors (Lipinski definition) is 1. The Morgan fingerprint density at radius 3 is 2.43 bits per heavy atom. The molecule has 0 bridgehead atoms. The van der Waals surface area contributed by atoms with Gasteiger partial charge in [0.15, 0.2) is 0 Å². The molecule has 5 nitrogen and oxygen atoms in total. The van der Waals surface area contributed by atoms with E-state index in [0.29, 0.717) is 19.7 Å². The van der Waals surface area contributed by atoms with Crippen molar-refractivity contribution >= 4 is 18.3 Å². The van der Waals surface area contributed by atoms with E-state index in [1.165, 1.54) is 12.7 Å². The molecule has 1 aromatic rings. The molecule has 0 saturated carbocycles. The number of nitrogens with zero attached hydrogens (tertiary/aromatic N) is 1. The van der Waals surface area contributed by atoms with Crippen LogP contribution in [-0.4, -0.2) is 57.4 Å². The van der Waals surface area contributed by atoms with Gasteiger partial charge >= 0.3 is 0 Å². The molecule has 1 atom stereocenters. The van der Waals surface area contributed by atoms with Gasteiger partial charge in [0.25, 0.3) is 0 Å². The smallest absolute Gasteiger partial charge is 0.241 e. The molecule has 1 unspecified atom stereocenters. The number of rotatable bonds is 9. The normalized spacial score (nSPS) is 11.6. The van der Waals surface area contributed by atoms with E-state index in [4.69, 9.17) is 15.2 Å². The van der Waals surface area contributed by atoms with E-state index in [1.54, 1.807) is 12.0 Å². The third-order valence-corrected chi connectivity index (χ3v) is 3.05. The van der Waals surface area contributed by atoms with Gasteiger partial charge in [-0.15, -0.1) is 12.4 Å². The van der Waals surface area contributed by atoms with Gasteiger partial charge in [-0.25, -0.2) is 0 Å². The van der Waals surface area contributed by atoms with Crippen molar-refractivity contribution in [2.75, 3.05) is 40.5 Å². The Labute approximate surface area is 132 Å². The Morgan fingerprint density at radius 1 is 1.19 bits per heavy atom. The minimum atomic E-state index is -0.618. The summed E-state index contributed by atoms with van der Waals surface area (Å²) < 4.78 is 9.99. The lowest BCUT2D eigenvalue weighted by Crippen LogP contribution is -2.47. The zero-order chi connectivity index (χ0) is 14.8. The fourth-order valence-corrected chi connectivity index (χ4v) is 1.93. The van der Waals surface area contributed by atoms with Gasteiger partial charge in [-0.1, -0.05) is 30.3 Å². The maximum atomic E-state index is 12.2. The largest absolute Gasteiger partial charge is 0.383 e. The number of benzene rings is 1. The van der Waals surface area contributed by atoms with Gasteiger partial charge in [-0.3, -0.25) is 4.79 Å². The first-order chi connectivity index (χ1) is 9.69. The highest BCUT2D eigenvalue weighted by atomic mass is 35.5. The fourth-order valence-electron chi connectivity index (χ4n) is 1.93. The first kappa shape index (κ1) is 19.9. The van der Waals surface area contributed by atoms with Crippen molar-refractivity contribution in [2.45, 2.75) is 12.5 Å². The van der Waals surface area contributed by atoms with Crippen LogP contribution in [0.5, 0.6) is 0 Å². The summed E-state index contributed by atoms with van der Waals surface area (Å²) in [5.74, 6) is -0.0974. The van der Waals surface area contributed by atoms with Crippen LogP contribution in [0.4, 0.5) is 0 Å². The topological polar surface area (TPSA) is 64.8 Å². The fraction of sp³-hybridized carbons (Fsp3) is 0.533. The third kappa shape index (κ3) is 7.43. The molecule has 0 radical (unpaired) electrons. The summed E-state index contributed by atoms with van der Waals surface area (Å²) in [4.78, 5) is 14.0. The molecule has 1 aromatic carbocycles. The van der Waals surface area contributed by atoms with E-state index < -0.39 is 6.04 Å². The number of carbonyl (C=O) groups is 1. The first-order valence-corrected chi connectivity index (χ1v) is 6.75. The molecular formula is C15H25ClN2O3. The second-order valence-corrected chi connectivity index (χ2v) is 4.62. The van der Waals surface area contributed by atoms with E-state index in [1.807, 2.05) is 30.3 Å². The average Bonchev–Trinajstić information content (AvgIpc) is 2.48. The van der Waals surface area contributed by atoms with Crippen LogP contribution in [0.3, 0.4) is 0 Å². The van der Waals surface area contributed by atoms with Crippen LogP contribution in [0, 0.1) is 0 Å². The monoisotopic (exact) mass is 316 g/mol. The summed E-state index contributed by atoms with van der Waals surface area (Å²) in [6, 6.07) is 9.45. The molecule has 0 saturated heterocycles. The Balaban J connectivity index is 0.00000400. The number of nitrogens with two attached hydrogens (primary N) is 1. The van der Waals surface area contributed by atoms with Crippen LogP contribution in [0.25, 0.3) is 0 Å². The van der Waals surface area contributed by atoms with E-state index >= 15 is 0 Å². The summed E-state index contributed by atoms with van der Waals surface area (Å²) in [7, 11) is 3.16. The summed E-state index contributed by atoms with van der Waals surface area (Å²) in [5, 5.41) is 0. The highest BCUT2D eigenvalue weighted by Gasteiger charge is 2.20. The van der Waals surface area contributed by atoms with Crippen molar-refractivity contribution in [3.63, 3.8) is 0 Å². The highest BCUT2D eigenvalue weighted by molar-refractivity contribution is 5.85. The average molecular weight is 317 g/mol. The molecule has 120 valence electrons. The van der Waals surface area contributed by atoms with E-state index in [2.05, 4.69) is 0 Å². The summed E-state index contributed by atoms with van der Waals surface area (Å²) in [6.07, 6.45) is 0.802. The van der Waals surface area contributed by atoms with Crippen LogP contribution >= 0.6 is 12.4 Å². The molecule has 0 aliphatic carbocycles. The summed E-state index contributed by atoms with van der Waals surface area (Å²) in [5.41, 5.74) is 7.01. The number of ether oxygens (including phenoxy) is 2. The maximum absolute atomic E-state index is 12.2. The van der Waals surface area contributed by atoms with Crippen LogP contribution in [0.15, 0.2) is 30.3 Å².